The molecule has 5 aromatic rings. The summed E-state index contributed by atoms with van der Waals surface area (Å²) in [5.74, 6) is -0.0363. The summed E-state index contributed by atoms with van der Waals surface area (Å²) in [6.07, 6.45) is 2.47. The molecule has 2 aliphatic rings. The number of carbonyl (C=O) groups excluding carboxylic acids is 1. The maximum Gasteiger partial charge on any atom is 0.253 e. The molecule has 1 aromatic heterocycles. The molecule has 2 fully saturated rings. The molecular formula is C43H46N4O4. The van der Waals surface area contributed by atoms with Gasteiger partial charge in [0.15, 0.2) is 6.29 Å². The van der Waals surface area contributed by atoms with Crippen molar-refractivity contribution in [2.75, 3.05) is 32.7 Å². The Labute approximate surface area is 300 Å². The zero-order valence-corrected chi connectivity index (χ0v) is 29.1. The Kier molecular flexibility index (Phi) is 11.3. The molecule has 7 rings (SSSR count). The highest BCUT2D eigenvalue weighted by molar-refractivity contribution is 5.93. The first-order chi connectivity index (χ1) is 25.0. The molecule has 2 saturated heterocycles. The van der Waals surface area contributed by atoms with Crippen molar-refractivity contribution in [1.29, 1.82) is 0 Å². The van der Waals surface area contributed by atoms with Crippen LogP contribution in [0.5, 0.6) is 0 Å². The quantitative estimate of drug-likeness (QED) is 0.159. The number of carbonyl (C=O) groups is 1. The predicted octanol–water partition coefficient (Wildman–Crippen LogP) is 6.78. The second-order valence-corrected chi connectivity index (χ2v) is 13.6. The molecule has 0 radical (unpaired) electrons. The van der Waals surface area contributed by atoms with Crippen molar-refractivity contribution in [3.63, 3.8) is 0 Å². The first-order valence-electron chi connectivity index (χ1n) is 17.9. The second kappa shape index (κ2) is 16.5. The molecule has 2 N–H and O–H groups in total. The molecule has 8 heteroatoms. The monoisotopic (exact) mass is 682 g/mol. The van der Waals surface area contributed by atoms with E-state index in [1.165, 1.54) is 5.56 Å². The fraction of sp³-hybridized carbons (Fsp3) is 0.302. The van der Waals surface area contributed by atoms with Crippen LogP contribution in [0.4, 0.5) is 0 Å². The van der Waals surface area contributed by atoms with Gasteiger partial charge >= 0.3 is 0 Å². The van der Waals surface area contributed by atoms with Crippen LogP contribution in [0, 0.1) is 5.92 Å². The molecule has 262 valence electrons. The SMILES string of the molecule is CC1C(CN2CCN(Cc3ccccc3)CC2)OC(c2cccc(-c3cccc(CNC(=O)c4cccnc4)c3)c2)OC1c1ccc(CO)cc1. The number of aliphatic hydroxyl groups excluding tert-OH is 1. The number of benzene rings is 4. The van der Waals surface area contributed by atoms with Crippen LogP contribution in [0.25, 0.3) is 11.1 Å². The van der Waals surface area contributed by atoms with Gasteiger partial charge < -0.3 is 19.9 Å². The van der Waals surface area contributed by atoms with Gasteiger partial charge in [0, 0.05) is 69.7 Å². The topological polar surface area (TPSA) is 87.2 Å². The van der Waals surface area contributed by atoms with E-state index in [4.69, 9.17) is 9.47 Å². The van der Waals surface area contributed by atoms with Crippen molar-refractivity contribution in [1.82, 2.24) is 20.1 Å². The average molecular weight is 683 g/mol. The molecule has 8 nitrogen and oxygen atoms in total. The van der Waals surface area contributed by atoms with Gasteiger partial charge in [-0.3, -0.25) is 19.6 Å². The van der Waals surface area contributed by atoms with Gasteiger partial charge in [-0.2, -0.15) is 0 Å². The minimum Gasteiger partial charge on any atom is -0.392 e. The van der Waals surface area contributed by atoms with Crippen LogP contribution in [0.1, 0.15) is 57.5 Å². The number of piperazine rings is 1. The third kappa shape index (κ3) is 8.79. The Balaban J connectivity index is 1.07. The molecule has 0 bridgehead atoms. The van der Waals surface area contributed by atoms with E-state index in [2.05, 4.69) is 106 Å². The van der Waals surface area contributed by atoms with Crippen LogP contribution in [-0.4, -0.2) is 64.6 Å². The summed E-state index contributed by atoms with van der Waals surface area (Å²) in [6, 6.07) is 38.9. The highest BCUT2D eigenvalue weighted by atomic mass is 16.7. The second-order valence-electron chi connectivity index (χ2n) is 13.6. The highest BCUT2D eigenvalue weighted by Gasteiger charge is 2.39. The summed E-state index contributed by atoms with van der Waals surface area (Å²) >= 11 is 0. The van der Waals surface area contributed by atoms with Gasteiger partial charge in [0.1, 0.15) is 0 Å². The molecule has 3 heterocycles. The Hall–Kier alpha value is -4.70. The van der Waals surface area contributed by atoms with Gasteiger partial charge in [0.05, 0.1) is 24.4 Å². The van der Waals surface area contributed by atoms with Crippen LogP contribution >= 0.6 is 0 Å². The van der Waals surface area contributed by atoms with Gasteiger partial charge in [-0.15, -0.1) is 0 Å². The molecular weight excluding hydrogens is 636 g/mol. The fourth-order valence-electron chi connectivity index (χ4n) is 7.06. The zero-order valence-electron chi connectivity index (χ0n) is 29.1. The molecule has 51 heavy (non-hydrogen) atoms. The number of amides is 1. The third-order valence-electron chi connectivity index (χ3n) is 10.1. The lowest BCUT2D eigenvalue weighted by Gasteiger charge is -2.44. The minimum absolute atomic E-state index is 0.0108. The van der Waals surface area contributed by atoms with E-state index in [-0.39, 0.29) is 30.6 Å². The summed E-state index contributed by atoms with van der Waals surface area (Å²) in [7, 11) is 0. The van der Waals surface area contributed by atoms with Crippen LogP contribution in [0.15, 0.2) is 128 Å². The van der Waals surface area contributed by atoms with Crippen LogP contribution < -0.4 is 5.32 Å². The fourth-order valence-corrected chi connectivity index (χ4v) is 7.06. The zero-order chi connectivity index (χ0) is 35.0. The number of pyridine rings is 1. The first-order valence-corrected chi connectivity index (χ1v) is 17.9. The summed E-state index contributed by atoms with van der Waals surface area (Å²) in [4.78, 5) is 21.7. The molecule has 0 spiro atoms. The standard InChI is InChI=1S/C43H46N4O4/c1-31-40(29-47-22-20-46(21-23-47)28-32-8-3-2-4-9-32)50-43(51-41(31)35-17-15-33(30-48)16-18-35)38-13-6-12-37(25-38)36-11-5-10-34(24-36)26-45-42(49)39-14-7-19-44-27-39/h2-19,24-25,27,31,40-41,43,48H,20-23,26,28-30H2,1H3,(H,45,49). The van der Waals surface area contributed by atoms with E-state index < -0.39 is 6.29 Å². The molecule has 4 aromatic carbocycles. The number of hydrogen-bond acceptors (Lipinski definition) is 7. The van der Waals surface area contributed by atoms with Crippen molar-refractivity contribution in [3.8, 4) is 11.1 Å². The summed E-state index contributed by atoms with van der Waals surface area (Å²) < 4.78 is 13.7. The number of aromatic nitrogens is 1. The lowest BCUT2D eigenvalue weighted by atomic mass is 9.89. The maximum atomic E-state index is 12.6. The third-order valence-corrected chi connectivity index (χ3v) is 10.1. The summed E-state index contributed by atoms with van der Waals surface area (Å²) in [5, 5.41) is 12.7. The number of nitrogens with zero attached hydrogens (tertiary/aromatic N) is 3. The molecule has 4 unspecified atom stereocenters. The molecule has 2 aliphatic heterocycles. The number of nitrogens with one attached hydrogen (secondary N) is 1. The number of ether oxygens (including phenoxy) is 2. The van der Waals surface area contributed by atoms with E-state index in [0.29, 0.717) is 12.1 Å². The normalized spacial score (nSPS) is 21.3. The van der Waals surface area contributed by atoms with Gasteiger partial charge in [0.2, 0.25) is 0 Å². The lowest BCUT2D eigenvalue weighted by Crippen LogP contribution is -2.51. The van der Waals surface area contributed by atoms with E-state index in [1.54, 1.807) is 24.5 Å². The van der Waals surface area contributed by atoms with Crippen molar-refractivity contribution < 1.29 is 19.4 Å². The Morgan fingerprint density at radius 3 is 2.24 bits per heavy atom. The average Bonchev–Trinajstić information content (AvgIpc) is 3.19. The van der Waals surface area contributed by atoms with Crippen LogP contribution in [-0.2, 0) is 29.2 Å². The van der Waals surface area contributed by atoms with E-state index in [0.717, 1.165) is 72.6 Å². The van der Waals surface area contributed by atoms with Crippen molar-refractivity contribution in [3.05, 3.63) is 161 Å². The molecule has 1 amide bonds. The Morgan fingerprint density at radius 2 is 1.49 bits per heavy atom. The summed E-state index contributed by atoms with van der Waals surface area (Å²) in [6.45, 7) is 8.50. The van der Waals surface area contributed by atoms with Crippen molar-refractivity contribution in [2.24, 2.45) is 5.92 Å². The van der Waals surface area contributed by atoms with Gasteiger partial charge in [0.25, 0.3) is 5.91 Å². The van der Waals surface area contributed by atoms with Crippen LogP contribution in [0.2, 0.25) is 0 Å². The highest BCUT2D eigenvalue weighted by Crippen LogP contribution is 2.42. The van der Waals surface area contributed by atoms with Crippen molar-refractivity contribution >= 4 is 5.91 Å². The number of aliphatic hydroxyl groups is 1. The van der Waals surface area contributed by atoms with Crippen molar-refractivity contribution in [2.45, 2.75) is 45.1 Å². The lowest BCUT2D eigenvalue weighted by molar-refractivity contribution is -0.276. The van der Waals surface area contributed by atoms with E-state index >= 15 is 0 Å². The first kappa shape index (κ1) is 34.7. The van der Waals surface area contributed by atoms with Gasteiger partial charge in [-0.1, -0.05) is 97.9 Å². The molecule has 4 atom stereocenters. The Bertz CT molecular complexity index is 1860. The van der Waals surface area contributed by atoms with E-state index in [1.807, 2.05) is 24.3 Å². The van der Waals surface area contributed by atoms with Gasteiger partial charge in [-0.25, -0.2) is 0 Å². The smallest absolute Gasteiger partial charge is 0.253 e. The predicted molar refractivity (Wildman–Crippen MR) is 198 cm³/mol. The molecule has 0 aliphatic carbocycles. The minimum atomic E-state index is -0.546. The summed E-state index contributed by atoms with van der Waals surface area (Å²) in [5.41, 5.74) is 7.92. The number of rotatable bonds is 11. The van der Waals surface area contributed by atoms with Gasteiger partial charge in [-0.05, 0) is 57.6 Å². The largest absolute Gasteiger partial charge is 0.392 e. The van der Waals surface area contributed by atoms with Crippen LogP contribution in [0.3, 0.4) is 0 Å². The maximum absolute atomic E-state index is 12.6. The molecule has 0 saturated carbocycles. The van der Waals surface area contributed by atoms with E-state index in [9.17, 15) is 9.90 Å². The number of hydrogen-bond donors (Lipinski definition) is 2. The Morgan fingerprint density at radius 1 is 0.765 bits per heavy atom.